The van der Waals surface area contributed by atoms with E-state index >= 15 is 0 Å². The minimum atomic E-state index is 0.00121. The van der Waals surface area contributed by atoms with Crippen LogP contribution in [0.15, 0.2) is 60.7 Å². The number of aromatic nitrogens is 2. The van der Waals surface area contributed by atoms with Gasteiger partial charge in [0, 0.05) is 31.7 Å². The number of amides is 1. The molecule has 1 saturated heterocycles. The third-order valence-corrected chi connectivity index (χ3v) is 5.34. The fraction of sp³-hybridized carbons (Fsp3) is 0.292. The maximum Gasteiger partial charge on any atom is 0.257 e. The molecule has 2 heterocycles. The lowest BCUT2D eigenvalue weighted by molar-refractivity contribution is 0.0742. The van der Waals surface area contributed by atoms with Crippen molar-refractivity contribution in [1.82, 2.24) is 15.1 Å². The fourth-order valence-electron chi connectivity index (χ4n) is 3.73. The Morgan fingerprint density at radius 2 is 1.61 bits per heavy atom. The molecular weight excluding hydrogens is 392 g/mol. The van der Waals surface area contributed by atoms with E-state index in [0.717, 1.165) is 22.8 Å². The molecule has 4 rings (SSSR count). The van der Waals surface area contributed by atoms with Crippen LogP contribution in [0.25, 0.3) is 11.3 Å². The van der Waals surface area contributed by atoms with Crippen LogP contribution in [-0.2, 0) is 0 Å². The summed E-state index contributed by atoms with van der Waals surface area (Å²) in [5.41, 5.74) is 2.29. The summed E-state index contributed by atoms with van der Waals surface area (Å²) in [4.78, 5) is 17.0. The van der Waals surface area contributed by atoms with Crippen LogP contribution in [0.2, 0.25) is 0 Å². The Hall–Kier alpha value is -3.61. The van der Waals surface area contributed by atoms with Crippen molar-refractivity contribution in [2.24, 2.45) is 0 Å². The quantitative estimate of drug-likeness (QED) is 0.610. The standard InChI is InChI=1S/C24H26N4O3/c1-3-31-22-11-7-5-9-19(22)24(29)28-16-14-27(15-17-28)23-13-12-20(25-26-23)18-8-4-6-10-21(18)30-2/h4-13H,3,14-17H2,1-2H3. The van der Waals surface area contributed by atoms with Gasteiger partial charge < -0.3 is 19.3 Å². The summed E-state index contributed by atoms with van der Waals surface area (Å²) in [7, 11) is 1.65. The van der Waals surface area contributed by atoms with Gasteiger partial charge in [0.05, 0.1) is 25.0 Å². The van der Waals surface area contributed by atoms with Crippen LogP contribution in [0, 0.1) is 0 Å². The van der Waals surface area contributed by atoms with Crippen molar-refractivity contribution in [3.05, 3.63) is 66.2 Å². The van der Waals surface area contributed by atoms with E-state index in [1.165, 1.54) is 0 Å². The van der Waals surface area contributed by atoms with Gasteiger partial charge in [-0.15, -0.1) is 10.2 Å². The molecule has 1 amide bonds. The zero-order chi connectivity index (χ0) is 21.6. The average Bonchev–Trinajstić information content (AvgIpc) is 2.84. The Bertz CT molecular complexity index is 1030. The summed E-state index contributed by atoms with van der Waals surface area (Å²) in [6, 6.07) is 19.1. The normalized spacial score (nSPS) is 13.7. The van der Waals surface area contributed by atoms with Crippen LogP contribution >= 0.6 is 0 Å². The van der Waals surface area contributed by atoms with E-state index in [9.17, 15) is 4.79 Å². The van der Waals surface area contributed by atoms with Crippen molar-refractivity contribution in [2.75, 3.05) is 44.8 Å². The van der Waals surface area contributed by atoms with Gasteiger partial charge in [-0.25, -0.2) is 0 Å². The molecule has 3 aromatic rings. The SMILES string of the molecule is CCOc1ccccc1C(=O)N1CCN(c2ccc(-c3ccccc3OC)nn2)CC1. The third-order valence-electron chi connectivity index (χ3n) is 5.34. The van der Waals surface area contributed by atoms with Crippen LogP contribution in [0.3, 0.4) is 0 Å². The zero-order valence-electron chi connectivity index (χ0n) is 17.8. The molecule has 2 aromatic carbocycles. The lowest BCUT2D eigenvalue weighted by atomic mass is 10.1. The molecule has 0 saturated carbocycles. The summed E-state index contributed by atoms with van der Waals surface area (Å²) in [6.45, 7) is 5.09. The molecule has 31 heavy (non-hydrogen) atoms. The number of methoxy groups -OCH3 is 1. The lowest BCUT2D eigenvalue weighted by Crippen LogP contribution is -2.49. The van der Waals surface area contributed by atoms with Gasteiger partial charge in [0.25, 0.3) is 5.91 Å². The van der Waals surface area contributed by atoms with Gasteiger partial charge in [-0.3, -0.25) is 4.79 Å². The fourth-order valence-corrected chi connectivity index (χ4v) is 3.73. The summed E-state index contributed by atoms with van der Waals surface area (Å²) < 4.78 is 11.0. The monoisotopic (exact) mass is 418 g/mol. The topological polar surface area (TPSA) is 67.8 Å². The molecule has 0 radical (unpaired) electrons. The molecule has 7 nitrogen and oxygen atoms in total. The van der Waals surface area contributed by atoms with Crippen LogP contribution < -0.4 is 14.4 Å². The molecule has 0 atom stereocenters. The number of nitrogens with zero attached hydrogens (tertiary/aromatic N) is 4. The number of para-hydroxylation sites is 2. The molecule has 1 aliphatic heterocycles. The molecule has 7 heteroatoms. The molecule has 0 aliphatic carbocycles. The lowest BCUT2D eigenvalue weighted by Gasteiger charge is -2.35. The second-order valence-corrected chi connectivity index (χ2v) is 7.19. The van der Waals surface area contributed by atoms with Crippen molar-refractivity contribution in [2.45, 2.75) is 6.92 Å². The summed E-state index contributed by atoms with van der Waals surface area (Å²) in [6.07, 6.45) is 0. The molecule has 0 N–H and O–H groups in total. The first-order chi connectivity index (χ1) is 15.2. The predicted octanol–water partition coefficient (Wildman–Crippen LogP) is 3.51. The van der Waals surface area contributed by atoms with E-state index in [-0.39, 0.29) is 5.91 Å². The Balaban J connectivity index is 1.42. The second-order valence-electron chi connectivity index (χ2n) is 7.19. The molecule has 0 unspecified atom stereocenters. The number of hydrogen-bond donors (Lipinski definition) is 0. The van der Waals surface area contributed by atoms with E-state index < -0.39 is 0 Å². The number of carbonyl (C=O) groups excluding carboxylic acids is 1. The second kappa shape index (κ2) is 9.47. The number of piperazine rings is 1. The van der Waals surface area contributed by atoms with E-state index in [4.69, 9.17) is 9.47 Å². The molecule has 0 spiro atoms. The zero-order valence-corrected chi connectivity index (χ0v) is 17.8. The Morgan fingerprint density at radius 1 is 0.903 bits per heavy atom. The maximum atomic E-state index is 13.0. The van der Waals surface area contributed by atoms with Gasteiger partial charge in [-0.05, 0) is 43.3 Å². The highest BCUT2D eigenvalue weighted by molar-refractivity contribution is 5.97. The molecule has 1 aromatic heterocycles. The number of anilines is 1. The summed E-state index contributed by atoms with van der Waals surface area (Å²) >= 11 is 0. The molecule has 0 bridgehead atoms. The van der Waals surface area contributed by atoms with Gasteiger partial charge in [-0.2, -0.15) is 0 Å². The van der Waals surface area contributed by atoms with E-state index in [0.29, 0.717) is 44.1 Å². The number of carbonyl (C=O) groups is 1. The molecule has 1 aliphatic rings. The highest BCUT2D eigenvalue weighted by atomic mass is 16.5. The summed E-state index contributed by atoms with van der Waals surface area (Å²) in [5.74, 6) is 2.21. The van der Waals surface area contributed by atoms with E-state index in [1.807, 2.05) is 72.5 Å². The number of rotatable bonds is 6. The van der Waals surface area contributed by atoms with Crippen molar-refractivity contribution in [3.63, 3.8) is 0 Å². The molecular formula is C24H26N4O3. The van der Waals surface area contributed by atoms with Crippen LogP contribution in [0.1, 0.15) is 17.3 Å². The first-order valence-corrected chi connectivity index (χ1v) is 10.4. The minimum absolute atomic E-state index is 0.00121. The Morgan fingerprint density at radius 3 is 2.29 bits per heavy atom. The smallest absolute Gasteiger partial charge is 0.257 e. The first kappa shape index (κ1) is 20.7. The predicted molar refractivity (Wildman–Crippen MR) is 120 cm³/mol. The average molecular weight is 418 g/mol. The van der Waals surface area contributed by atoms with Gasteiger partial charge in [0.2, 0.25) is 0 Å². The highest BCUT2D eigenvalue weighted by Crippen LogP contribution is 2.28. The Labute approximate surface area is 182 Å². The largest absolute Gasteiger partial charge is 0.496 e. The first-order valence-electron chi connectivity index (χ1n) is 10.4. The van der Waals surface area contributed by atoms with Crippen LogP contribution in [0.4, 0.5) is 5.82 Å². The number of hydrogen-bond acceptors (Lipinski definition) is 6. The van der Waals surface area contributed by atoms with E-state index in [1.54, 1.807) is 7.11 Å². The van der Waals surface area contributed by atoms with Crippen molar-refractivity contribution >= 4 is 11.7 Å². The van der Waals surface area contributed by atoms with Crippen molar-refractivity contribution in [1.29, 1.82) is 0 Å². The van der Waals surface area contributed by atoms with Gasteiger partial charge in [-0.1, -0.05) is 24.3 Å². The number of benzene rings is 2. The van der Waals surface area contributed by atoms with Gasteiger partial charge in [0.15, 0.2) is 5.82 Å². The van der Waals surface area contributed by atoms with Crippen molar-refractivity contribution in [3.8, 4) is 22.8 Å². The van der Waals surface area contributed by atoms with Crippen molar-refractivity contribution < 1.29 is 14.3 Å². The number of ether oxygens (including phenoxy) is 2. The van der Waals surface area contributed by atoms with Crippen LogP contribution in [0.5, 0.6) is 11.5 Å². The van der Waals surface area contributed by atoms with Gasteiger partial charge in [0.1, 0.15) is 11.5 Å². The minimum Gasteiger partial charge on any atom is -0.496 e. The third kappa shape index (κ3) is 4.45. The van der Waals surface area contributed by atoms with E-state index in [2.05, 4.69) is 15.1 Å². The van der Waals surface area contributed by atoms with Gasteiger partial charge >= 0.3 is 0 Å². The highest BCUT2D eigenvalue weighted by Gasteiger charge is 2.25. The molecule has 1 fully saturated rings. The Kier molecular flexibility index (Phi) is 6.31. The maximum absolute atomic E-state index is 13.0. The van der Waals surface area contributed by atoms with Crippen LogP contribution in [-0.4, -0.2) is 60.9 Å². The summed E-state index contributed by atoms with van der Waals surface area (Å²) in [5, 5.41) is 8.82. The molecule has 160 valence electrons.